The van der Waals surface area contributed by atoms with Crippen molar-refractivity contribution in [2.24, 2.45) is 19.1 Å². The number of benzene rings is 2. The van der Waals surface area contributed by atoms with E-state index in [4.69, 9.17) is 9.47 Å². The fourth-order valence-electron chi connectivity index (χ4n) is 2.41. The molecule has 0 amide bonds. The lowest BCUT2D eigenvalue weighted by molar-refractivity contribution is 0.415. The SMILES string of the molecule is COc1ccc(C=Nc2ccccc2Oc2cc(=O)n(C)c(=O)n2C)cc1. The number of hydrogen-bond acceptors (Lipinski definition) is 5. The Bertz CT molecular complexity index is 1100. The molecule has 0 radical (unpaired) electrons. The minimum absolute atomic E-state index is 0.148. The fraction of sp³-hybridized carbons (Fsp3) is 0.150. The third-order valence-electron chi connectivity index (χ3n) is 4.03. The fourth-order valence-corrected chi connectivity index (χ4v) is 2.41. The lowest BCUT2D eigenvalue weighted by atomic mass is 10.2. The van der Waals surface area contributed by atoms with E-state index in [1.165, 1.54) is 17.7 Å². The Morgan fingerprint density at radius 1 is 0.963 bits per heavy atom. The number of aromatic nitrogens is 2. The van der Waals surface area contributed by atoms with Crippen LogP contribution in [0.4, 0.5) is 5.69 Å². The molecule has 0 saturated heterocycles. The molecule has 3 rings (SSSR count). The highest BCUT2D eigenvalue weighted by Crippen LogP contribution is 2.30. The molecule has 7 nitrogen and oxygen atoms in total. The summed E-state index contributed by atoms with van der Waals surface area (Å²) >= 11 is 0. The van der Waals surface area contributed by atoms with E-state index in [0.29, 0.717) is 11.4 Å². The molecule has 7 heteroatoms. The Hall–Kier alpha value is -3.61. The summed E-state index contributed by atoms with van der Waals surface area (Å²) in [6, 6.07) is 15.9. The van der Waals surface area contributed by atoms with E-state index in [-0.39, 0.29) is 5.88 Å². The van der Waals surface area contributed by atoms with Gasteiger partial charge in [0.1, 0.15) is 11.4 Å². The van der Waals surface area contributed by atoms with E-state index < -0.39 is 11.2 Å². The zero-order chi connectivity index (χ0) is 19.4. The van der Waals surface area contributed by atoms with Gasteiger partial charge in [0.15, 0.2) is 5.75 Å². The highest BCUT2D eigenvalue weighted by molar-refractivity contribution is 5.82. The molecule has 0 N–H and O–H groups in total. The first-order chi connectivity index (χ1) is 13.0. The van der Waals surface area contributed by atoms with Gasteiger partial charge in [-0.25, -0.2) is 4.79 Å². The van der Waals surface area contributed by atoms with E-state index in [2.05, 4.69) is 4.99 Å². The molecule has 138 valence electrons. The van der Waals surface area contributed by atoms with Gasteiger partial charge in [-0.05, 0) is 42.0 Å². The molecule has 2 aromatic carbocycles. The van der Waals surface area contributed by atoms with E-state index >= 15 is 0 Å². The van der Waals surface area contributed by atoms with Crippen molar-refractivity contribution >= 4 is 11.9 Å². The smallest absolute Gasteiger partial charge is 0.333 e. The molecule has 0 aliphatic carbocycles. The van der Waals surface area contributed by atoms with Crippen molar-refractivity contribution in [2.75, 3.05) is 7.11 Å². The molecule has 0 bridgehead atoms. The van der Waals surface area contributed by atoms with Crippen LogP contribution in [0.15, 0.2) is 69.2 Å². The molecule has 0 fully saturated rings. The second-order valence-corrected chi connectivity index (χ2v) is 5.82. The van der Waals surface area contributed by atoms with Crippen molar-refractivity contribution in [3.8, 4) is 17.4 Å². The van der Waals surface area contributed by atoms with Crippen LogP contribution in [0.1, 0.15) is 5.56 Å². The topological polar surface area (TPSA) is 74.8 Å². The molecule has 0 unspecified atom stereocenters. The van der Waals surface area contributed by atoms with Crippen LogP contribution in [-0.4, -0.2) is 22.5 Å². The maximum absolute atomic E-state index is 12.1. The van der Waals surface area contributed by atoms with Crippen LogP contribution in [-0.2, 0) is 14.1 Å². The summed E-state index contributed by atoms with van der Waals surface area (Å²) in [4.78, 5) is 28.4. The van der Waals surface area contributed by atoms with Gasteiger partial charge in [-0.3, -0.25) is 18.9 Å². The molecule has 1 aromatic heterocycles. The van der Waals surface area contributed by atoms with Gasteiger partial charge in [-0.15, -0.1) is 0 Å². The normalized spacial score (nSPS) is 10.9. The summed E-state index contributed by atoms with van der Waals surface area (Å²) in [5.41, 5.74) is 0.567. The molecule has 0 saturated carbocycles. The second-order valence-electron chi connectivity index (χ2n) is 5.82. The Kier molecular flexibility index (Phi) is 5.21. The minimum atomic E-state index is -0.461. The molecule has 0 aliphatic rings. The number of methoxy groups -OCH3 is 1. The van der Waals surface area contributed by atoms with Gasteiger partial charge in [0.05, 0.1) is 13.2 Å². The number of ether oxygens (including phenoxy) is 2. The van der Waals surface area contributed by atoms with Crippen molar-refractivity contribution < 1.29 is 9.47 Å². The Balaban J connectivity index is 1.92. The van der Waals surface area contributed by atoms with E-state index in [1.54, 1.807) is 38.6 Å². The standard InChI is InChI=1S/C20H19N3O4/c1-22-18(24)12-19(23(2)20(22)25)27-17-7-5-4-6-16(17)21-13-14-8-10-15(26-3)11-9-14/h4-13H,1-3H3. The van der Waals surface area contributed by atoms with Crippen molar-refractivity contribution in [3.05, 3.63) is 81.0 Å². The zero-order valence-electron chi connectivity index (χ0n) is 15.2. The Labute approximate surface area is 155 Å². The zero-order valence-corrected chi connectivity index (χ0v) is 15.2. The summed E-state index contributed by atoms with van der Waals surface area (Å²) in [5.74, 6) is 1.35. The van der Waals surface area contributed by atoms with Crippen LogP contribution in [0, 0.1) is 0 Å². The molecule has 3 aromatic rings. The quantitative estimate of drug-likeness (QED) is 0.652. The first-order valence-corrected chi connectivity index (χ1v) is 8.21. The summed E-state index contributed by atoms with van der Waals surface area (Å²) in [5, 5.41) is 0. The number of nitrogens with zero attached hydrogens (tertiary/aromatic N) is 3. The third kappa shape index (κ3) is 3.98. The molecule has 0 atom stereocenters. The Morgan fingerprint density at radius 2 is 1.67 bits per heavy atom. The van der Waals surface area contributed by atoms with Crippen molar-refractivity contribution in [1.29, 1.82) is 0 Å². The molecule has 0 spiro atoms. The molecule has 1 heterocycles. The number of hydrogen-bond donors (Lipinski definition) is 0. The number of aliphatic imine (C=N–C) groups is 1. The van der Waals surface area contributed by atoms with Gasteiger partial charge < -0.3 is 9.47 Å². The monoisotopic (exact) mass is 365 g/mol. The second kappa shape index (κ2) is 7.74. The third-order valence-corrected chi connectivity index (χ3v) is 4.03. The molecule has 0 aliphatic heterocycles. The van der Waals surface area contributed by atoms with Crippen LogP contribution < -0.4 is 20.7 Å². The van der Waals surface area contributed by atoms with Gasteiger partial charge in [0.25, 0.3) is 5.56 Å². The van der Waals surface area contributed by atoms with Gasteiger partial charge in [-0.1, -0.05) is 12.1 Å². The summed E-state index contributed by atoms with van der Waals surface area (Å²) in [6.07, 6.45) is 1.70. The maximum Gasteiger partial charge on any atom is 0.333 e. The molecular weight excluding hydrogens is 346 g/mol. The Morgan fingerprint density at radius 3 is 2.37 bits per heavy atom. The van der Waals surface area contributed by atoms with Crippen molar-refractivity contribution in [2.45, 2.75) is 0 Å². The summed E-state index contributed by atoms with van der Waals surface area (Å²) in [6.45, 7) is 0. The maximum atomic E-state index is 12.1. The summed E-state index contributed by atoms with van der Waals surface area (Å²) < 4.78 is 13.2. The summed E-state index contributed by atoms with van der Waals surface area (Å²) in [7, 11) is 4.57. The van der Waals surface area contributed by atoms with Gasteiger partial charge in [-0.2, -0.15) is 0 Å². The van der Waals surface area contributed by atoms with Crippen LogP contribution >= 0.6 is 0 Å². The average molecular weight is 365 g/mol. The van der Waals surface area contributed by atoms with Crippen LogP contribution in [0.2, 0.25) is 0 Å². The van der Waals surface area contributed by atoms with Crippen LogP contribution in [0.3, 0.4) is 0 Å². The molecular formula is C20H19N3O4. The average Bonchev–Trinajstić information content (AvgIpc) is 2.70. The highest BCUT2D eigenvalue weighted by atomic mass is 16.5. The van der Waals surface area contributed by atoms with Crippen LogP contribution in [0.5, 0.6) is 17.4 Å². The lowest BCUT2D eigenvalue weighted by Gasteiger charge is -2.12. The van der Waals surface area contributed by atoms with Gasteiger partial charge in [0, 0.05) is 20.3 Å². The molecule has 27 heavy (non-hydrogen) atoms. The minimum Gasteiger partial charge on any atom is -0.497 e. The van der Waals surface area contributed by atoms with Crippen LogP contribution in [0.25, 0.3) is 0 Å². The predicted molar refractivity (Wildman–Crippen MR) is 104 cm³/mol. The first kappa shape index (κ1) is 18.2. The van der Waals surface area contributed by atoms with E-state index in [0.717, 1.165) is 15.9 Å². The van der Waals surface area contributed by atoms with E-state index in [1.807, 2.05) is 30.3 Å². The van der Waals surface area contributed by atoms with Gasteiger partial charge >= 0.3 is 5.69 Å². The van der Waals surface area contributed by atoms with E-state index in [9.17, 15) is 9.59 Å². The largest absolute Gasteiger partial charge is 0.497 e. The number of para-hydroxylation sites is 2. The van der Waals surface area contributed by atoms with Crippen molar-refractivity contribution in [1.82, 2.24) is 9.13 Å². The van der Waals surface area contributed by atoms with Crippen molar-refractivity contribution in [3.63, 3.8) is 0 Å². The van der Waals surface area contributed by atoms with Gasteiger partial charge in [0.2, 0.25) is 5.88 Å². The number of rotatable bonds is 5. The predicted octanol–water partition coefficient (Wildman–Crippen LogP) is 2.64. The lowest BCUT2D eigenvalue weighted by Crippen LogP contribution is -2.36. The first-order valence-electron chi connectivity index (χ1n) is 8.21. The highest BCUT2D eigenvalue weighted by Gasteiger charge is 2.10.